The number of aryl methyl sites for hydroxylation is 2. The third-order valence-electron chi connectivity index (χ3n) is 7.41. The number of amides is 1. The molecule has 1 atom stereocenters. The molecule has 2 aliphatic carbocycles. The zero-order chi connectivity index (χ0) is 22.8. The van der Waals surface area contributed by atoms with Crippen LogP contribution >= 0.6 is 0 Å². The van der Waals surface area contributed by atoms with Crippen molar-refractivity contribution in [2.24, 2.45) is 0 Å². The van der Waals surface area contributed by atoms with Crippen LogP contribution in [0, 0.1) is 0 Å². The van der Waals surface area contributed by atoms with Crippen LogP contribution in [0.25, 0.3) is 0 Å². The largest absolute Gasteiger partial charge is 0.333 e. The Morgan fingerprint density at radius 3 is 2.36 bits per heavy atom. The molecule has 5 nitrogen and oxygen atoms in total. The zero-order valence-corrected chi connectivity index (χ0v) is 20.1. The van der Waals surface area contributed by atoms with E-state index in [0.29, 0.717) is 36.9 Å². The van der Waals surface area contributed by atoms with Gasteiger partial charge in [-0.1, -0.05) is 42.8 Å². The smallest absolute Gasteiger partial charge is 0.243 e. The van der Waals surface area contributed by atoms with Crippen molar-refractivity contribution in [1.29, 1.82) is 0 Å². The minimum atomic E-state index is -3.41. The molecule has 0 N–H and O–H groups in total. The van der Waals surface area contributed by atoms with Crippen LogP contribution in [-0.2, 0) is 27.7 Å². The number of hydrogen-bond acceptors (Lipinski definition) is 3. The van der Waals surface area contributed by atoms with E-state index in [4.69, 9.17) is 0 Å². The van der Waals surface area contributed by atoms with E-state index in [1.807, 2.05) is 12.1 Å². The van der Waals surface area contributed by atoms with Gasteiger partial charge in [-0.05, 0) is 80.2 Å². The molecule has 0 aromatic heterocycles. The highest BCUT2D eigenvalue weighted by molar-refractivity contribution is 7.89. The number of piperidine rings is 1. The molecule has 2 fully saturated rings. The monoisotopic (exact) mass is 466 g/mol. The number of carbonyl (C=O) groups is 1. The fourth-order valence-corrected chi connectivity index (χ4v) is 6.98. The van der Waals surface area contributed by atoms with E-state index in [0.717, 1.165) is 56.9 Å². The number of nitrogens with zero attached hydrogens (tertiary/aromatic N) is 2. The predicted octanol–water partition coefficient (Wildman–Crippen LogP) is 4.86. The summed E-state index contributed by atoms with van der Waals surface area (Å²) in [6, 6.07) is 16.3. The molecule has 1 aliphatic heterocycles. The summed E-state index contributed by atoms with van der Waals surface area (Å²) in [5.41, 5.74) is 3.73. The molecular formula is C27H34N2O3S. The first-order chi connectivity index (χ1) is 16.0. The van der Waals surface area contributed by atoms with Gasteiger partial charge in [0, 0.05) is 25.6 Å². The molecule has 176 valence electrons. The Morgan fingerprint density at radius 1 is 0.909 bits per heavy atom. The lowest BCUT2D eigenvalue weighted by molar-refractivity contribution is -0.134. The van der Waals surface area contributed by atoms with Gasteiger partial charge in [0.05, 0.1) is 10.9 Å². The molecule has 0 bridgehead atoms. The fourth-order valence-electron chi connectivity index (χ4n) is 5.46. The van der Waals surface area contributed by atoms with Crippen molar-refractivity contribution >= 4 is 15.9 Å². The van der Waals surface area contributed by atoms with Gasteiger partial charge in [0.1, 0.15) is 0 Å². The summed E-state index contributed by atoms with van der Waals surface area (Å²) in [5.74, 6) is 0.226. The topological polar surface area (TPSA) is 57.7 Å². The lowest BCUT2D eigenvalue weighted by atomic mass is 9.86. The molecule has 2 aromatic rings. The summed E-state index contributed by atoms with van der Waals surface area (Å²) in [6.07, 6.45) is 9.56. The average Bonchev–Trinajstić information content (AvgIpc) is 3.69. The van der Waals surface area contributed by atoms with E-state index in [2.05, 4.69) is 29.2 Å². The molecule has 2 aromatic carbocycles. The van der Waals surface area contributed by atoms with Crippen LogP contribution in [-0.4, -0.2) is 42.7 Å². The summed E-state index contributed by atoms with van der Waals surface area (Å²) in [7, 11) is -3.41. The van der Waals surface area contributed by atoms with Crippen LogP contribution in [0.5, 0.6) is 0 Å². The van der Waals surface area contributed by atoms with Gasteiger partial charge in [0.2, 0.25) is 15.9 Å². The van der Waals surface area contributed by atoms with E-state index >= 15 is 0 Å². The van der Waals surface area contributed by atoms with E-state index in [1.165, 1.54) is 11.1 Å². The van der Waals surface area contributed by atoms with Gasteiger partial charge < -0.3 is 4.90 Å². The Labute approximate surface area is 197 Å². The number of sulfonamides is 1. The molecule has 6 heteroatoms. The Bertz CT molecular complexity index is 1090. The quantitative estimate of drug-likeness (QED) is 0.585. The molecule has 1 saturated carbocycles. The first kappa shape index (κ1) is 22.6. The average molecular weight is 467 g/mol. The highest BCUT2D eigenvalue weighted by atomic mass is 32.2. The molecule has 5 rings (SSSR count). The minimum Gasteiger partial charge on any atom is -0.333 e. The van der Waals surface area contributed by atoms with Crippen molar-refractivity contribution < 1.29 is 13.2 Å². The molecule has 1 amide bonds. The van der Waals surface area contributed by atoms with Gasteiger partial charge in [0.25, 0.3) is 0 Å². The van der Waals surface area contributed by atoms with E-state index in [1.54, 1.807) is 16.4 Å². The maximum absolute atomic E-state index is 13.4. The number of benzene rings is 2. The van der Waals surface area contributed by atoms with Crippen molar-refractivity contribution in [3.63, 3.8) is 0 Å². The van der Waals surface area contributed by atoms with E-state index in [9.17, 15) is 13.2 Å². The van der Waals surface area contributed by atoms with Gasteiger partial charge in [-0.25, -0.2) is 8.42 Å². The van der Waals surface area contributed by atoms with Crippen molar-refractivity contribution in [2.75, 3.05) is 13.1 Å². The lowest BCUT2D eigenvalue weighted by Gasteiger charge is -2.36. The number of rotatable bonds is 7. The number of fused-ring (bicyclic) bond motifs is 1. The lowest BCUT2D eigenvalue weighted by Crippen LogP contribution is -2.38. The van der Waals surface area contributed by atoms with Crippen LogP contribution in [0.1, 0.15) is 74.1 Å². The molecule has 1 saturated heterocycles. The molecule has 1 unspecified atom stereocenters. The van der Waals surface area contributed by atoms with Crippen molar-refractivity contribution in [2.45, 2.75) is 81.2 Å². The van der Waals surface area contributed by atoms with Crippen LogP contribution in [0.15, 0.2) is 53.4 Å². The summed E-state index contributed by atoms with van der Waals surface area (Å²) in [4.78, 5) is 15.9. The zero-order valence-electron chi connectivity index (χ0n) is 19.3. The third-order valence-corrected chi connectivity index (χ3v) is 9.32. The molecule has 3 aliphatic rings. The second kappa shape index (κ2) is 9.59. The third kappa shape index (κ3) is 4.87. The van der Waals surface area contributed by atoms with Crippen molar-refractivity contribution in [1.82, 2.24) is 9.21 Å². The maximum atomic E-state index is 13.4. The highest BCUT2D eigenvalue weighted by Gasteiger charge is 2.39. The van der Waals surface area contributed by atoms with Gasteiger partial charge >= 0.3 is 0 Å². The highest BCUT2D eigenvalue weighted by Crippen LogP contribution is 2.41. The molecule has 0 spiro atoms. The normalized spacial score (nSPS) is 21.4. The van der Waals surface area contributed by atoms with Crippen LogP contribution in [0.3, 0.4) is 0 Å². The Kier molecular flexibility index (Phi) is 6.57. The van der Waals surface area contributed by atoms with Gasteiger partial charge in [-0.3, -0.25) is 4.79 Å². The molecule has 0 radical (unpaired) electrons. The SMILES string of the molecule is O=C(CCc1ccc(S(=O)(=O)N2CCCCC2)cc1)N(C1CC1)C1CCCc2ccccc21. The van der Waals surface area contributed by atoms with Crippen LogP contribution in [0.2, 0.25) is 0 Å². The van der Waals surface area contributed by atoms with Gasteiger partial charge in [-0.2, -0.15) is 4.31 Å². The Morgan fingerprint density at radius 2 is 1.64 bits per heavy atom. The summed E-state index contributed by atoms with van der Waals surface area (Å²) in [6.45, 7) is 1.22. The Hall–Kier alpha value is -2.18. The van der Waals surface area contributed by atoms with E-state index < -0.39 is 10.0 Å². The van der Waals surface area contributed by atoms with E-state index in [-0.39, 0.29) is 11.9 Å². The van der Waals surface area contributed by atoms with Crippen LogP contribution < -0.4 is 0 Å². The first-order valence-electron chi connectivity index (χ1n) is 12.5. The van der Waals surface area contributed by atoms with Gasteiger partial charge in [0.15, 0.2) is 0 Å². The molecular weight excluding hydrogens is 432 g/mol. The predicted molar refractivity (Wildman–Crippen MR) is 129 cm³/mol. The van der Waals surface area contributed by atoms with Gasteiger partial charge in [-0.15, -0.1) is 0 Å². The minimum absolute atomic E-state index is 0.201. The maximum Gasteiger partial charge on any atom is 0.243 e. The fraction of sp³-hybridized carbons (Fsp3) is 0.519. The molecule has 1 heterocycles. The van der Waals surface area contributed by atoms with Crippen LogP contribution in [0.4, 0.5) is 0 Å². The standard InChI is InChI=1S/C27H34N2O3S/c30-27(29(23-14-15-23)26-10-6-8-22-7-2-3-9-25(22)26)18-13-21-11-16-24(17-12-21)33(31,32)28-19-4-1-5-20-28/h2-3,7,9,11-12,16-17,23,26H,1,4-6,8,10,13-15,18-20H2. The molecule has 33 heavy (non-hydrogen) atoms. The summed E-state index contributed by atoms with van der Waals surface area (Å²) >= 11 is 0. The Balaban J connectivity index is 1.25. The summed E-state index contributed by atoms with van der Waals surface area (Å²) < 4.78 is 27.4. The second-order valence-corrected chi connectivity index (χ2v) is 11.7. The van der Waals surface area contributed by atoms with Crippen molar-refractivity contribution in [3.8, 4) is 0 Å². The van der Waals surface area contributed by atoms with Crippen molar-refractivity contribution in [3.05, 3.63) is 65.2 Å². The first-order valence-corrected chi connectivity index (χ1v) is 14.0. The second-order valence-electron chi connectivity index (χ2n) is 9.75. The summed E-state index contributed by atoms with van der Waals surface area (Å²) in [5, 5.41) is 0. The number of hydrogen-bond donors (Lipinski definition) is 0. The number of carbonyl (C=O) groups excluding carboxylic acids is 1.